The van der Waals surface area contributed by atoms with E-state index in [1.54, 1.807) is 20.3 Å². The van der Waals surface area contributed by atoms with Crippen LogP contribution in [0.5, 0.6) is 11.5 Å². The monoisotopic (exact) mass is 403 g/mol. The van der Waals surface area contributed by atoms with Gasteiger partial charge in [0.1, 0.15) is 11.5 Å². The Kier molecular flexibility index (Phi) is 4.59. The molecule has 2 heterocycles. The average Bonchev–Trinajstić information content (AvgIpc) is 3.11. The maximum atomic E-state index is 13.3. The van der Waals surface area contributed by atoms with Crippen LogP contribution in [-0.4, -0.2) is 56.3 Å². The fraction of sp³-hybridized carbons (Fsp3) is 0.261. The lowest BCUT2D eigenvalue weighted by Crippen LogP contribution is -2.37. The summed E-state index contributed by atoms with van der Waals surface area (Å²) in [4.78, 5) is 25.1. The molecule has 1 aliphatic carbocycles. The van der Waals surface area contributed by atoms with Crippen LogP contribution in [0.15, 0.2) is 42.5 Å². The van der Waals surface area contributed by atoms with Gasteiger partial charge in [0.2, 0.25) is 5.95 Å². The third-order valence-corrected chi connectivity index (χ3v) is 5.51. The van der Waals surface area contributed by atoms with Crippen LogP contribution in [0.2, 0.25) is 0 Å². The average molecular weight is 403 g/mol. The molecule has 7 nitrogen and oxygen atoms in total. The molecule has 0 amide bonds. The summed E-state index contributed by atoms with van der Waals surface area (Å²) in [6.45, 7) is 2.65. The van der Waals surface area contributed by atoms with Crippen LogP contribution in [0.1, 0.15) is 15.9 Å². The predicted octanol–water partition coefficient (Wildman–Crippen LogP) is 3.21. The molecule has 7 heteroatoms. The van der Waals surface area contributed by atoms with Crippen molar-refractivity contribution in [1.29, 1.82) is 0 Å². The van der Waals surface area contributed by atoms with Crippen molar-refractivity contribution in [3.63, 3.8) is 0 Å². The molecule has 0 unspecified atom stereocenters. The number of methoxy groups -OCH3 is 2. The molecule has 2 aliphatic rings. The Hall–Kier alpha value is -3.45. The summed E-state index contributed by atoms with van der Waals surface area (Å²) in [5, 5.41) is 0. The molecule has 1 saturated heterocycles. The molecule has 1 aromatic heterocycles. The fourth-order valence-corrected chi connectivity index (χ4v) is 3.98. The number of fused-ring (bicyclic) bond motifs is 3. The minimum atomic E-state index is -0.0676. The molecule has 0 atom stereocenters. The molecule has 0 spiro atoms. The van der Waals surface area contributed by atoms with E-state index in [9.17, 15) is 4.79 Å². The smallest absolute Gasteiger partial charge is 0.226 e. The Balaban J connectivity index is 1.76. The number of morpholine rings is 1. The number of carbonyl (C=O) groups is 1. The minimum Gasteiger partial charge on any atom is -0.497 e. The number of aromatic nitrogens is 2. The number of benzene rings is 2. The molecule has 1 aliphatic heterocycles. The molecule has 152 valence electrons. The number of hydrogen-bond donors (Lipinski definition) is 0. The molecule has 0 bridgehead atoms. The van der Waals surface area contributed by atoms with Crippen LogP contribution >= 0.6 is 0 Å². The molecule has 5 rings (SSSR count). The van der Waals surface area contributed by atoms with Crippen molar-refractivity contribution in [3.05, 3.63) is 53.6 Å². The summed E-state index contributed by atoms with van der Waals surface area (Å²) in [7, 11) is 3.20. The zero-order chi connectivity index (χ0) is 20.7. The third kappa shape index (κ3) is 2.90. The Morgan fingerprint density at radius 3 is 2.30 bits per heavy atom. The fourth-order valence-electron chi connectivity index (χ4n) is 3.98. The van der Waals surface area contributed by atoms with E-state index in [4.69, 9.17) is 24.2 Å². The highest BCUT2D eigenvalue weighted by molar-refractivity contribution is 6.23. The Morgan fingerprint density at radius 1 is 0.900 bits per heavy atom. The van der Waals surface area contributed by atoms with E-state index < -0.39 is 0 Å². The normalized spacial score (nSPS) is 15.0. The number of carbonyl (C=O) groups excluding carboxylic acids is 1. The van der Waals surface area contributed by atoms with Gasteiger partial charge in [0, 0.05) is 35.8 Å². The molecule has 3 aromatic rings. The minimum absolute atomic E-state index is 0.0676. The lowest BCUT2D eigenvalue weighted by molar-refractivity contribution is 0.104. The SMILES string of the molecule is COc1ccc(-c2nc(N3CCOCC3)nc3c2C(=O)c2ccccc2-3)c(OC)c1. The van der Waals surface area contributed by atoms with Crippen LogP contribution in [-0.2, 0) is 4.74 Å². The van der Waals surface area contributed by atoms with Gasteiger partial charge in [-0.3, -0.25) is 4.79 Å². The van der Waals surface area contributed by atoms with Gasteiger partial charge in [-0.25, -0.2) is 9.97 Å². The van der Waals surface area contributed by atoms with Crippen molar-refractivity contribution in [1.82, 2.24) is 9.97 Å². The number of rotatable bonds is 4. The first-order valence-electron chi connectivity index (χ1n) is 9.82. The summed E-state index contributed by atoms with van der Waals surface area (Å²) in [5.41, 5.74) is 3.96. The van der Waals surface area contributed by atoms with Gasteiger partial charge in [-0.1, -0.05) is 24.3 Å². The largest absolute Gasteiger partial charge is 0.497 e. The molecule has 1 fully saturated rings. The second-order valence-corrected chi connectivity index (χ2v) is 7.14. The molecular weight excluding hydrogens is 382 g/mol. The highest BCUT2D eigenvalue weighted by atomic mass is 16.5. The first-order valence-corrected chi connectivity index (χ1v) is 9.82. The van der Waals surface area contributed by atoms with Gasteiger partial charge < -0.3 is 19.1 Å². The quantitative estimate of drug-likeness (QED) is 0.518. The summed E-state index contributed by atoms with van der Waals surface area (Å²) in [5.74, 6) is 1.78. The molecule has 0 radical (unpaired) electrons. The standard InChI is InChI=1S/C23H21N3O4/c1-28-14-7-8-17(18(13-14)29-2)21-19-20(15-5-3-4-6-16(15)22(19)27)24-23(25-21)26-9-11-30-12-10-26/h3-8,13H,9-12H2,1-2H3. The van der Waals surface area contributed by atoms with Crippen LogP contribution in [0, 0.1) is 0 Å². The number of hydrogen-bond acceptors (Lipinski definition) is 7. The van der Waals surface area contributed by atoms with Crippen molar-refractivity contribution in [2.24, 2.45) is 0 Å². The van der Waals surface area contributed by atoms with Gasteiger partial charge in [-0.15, -0.1) is 0 Å². The molecule has 30 heavy (non-hydrogen) atoms. The van der Waals surface area contributed by atoms with Gasteiger partial charge >= 0.3 is 0 Å². The van der Waals surface area contributed by atoms with Crippen molar-refractivity contribution in [3.8, 4) is 34.0 Å². The van der Waals surface area contributed by atoms with E-state index in [-0.39, 0.29) is 5.78 Å². The van der Waals surface area contributed by atoms with Gasteiger partial charge in [-0.05, 0) is 12.1 Å². The van der Waals surface area contributed by atoms with Crippen LogP contribution < -0.4 is 14.4 Å². The zero-order valence-electron chi connectivity index (χ0n) is 16.8. The number of anilines is 1. The van der Waals surface area contributed by atoms with E-state index in [2.05, 4.69) is 4.90 Å². The summed E-state index contributed by atoms with van der Waals surface area (Å²) >= 11 is 0. The van der Waals surface area contributed by atoms with Gasteiger partial charge in [0.25, 0.3) is 0 Å². The van der Waals surface area contributed by atoms with Crippen molar-refractivity contribution in [2.75, 3.05) is 45.4 Å². The van der Waals surface area contributed by atoms with E-state index in [1.807, 2.05) is 36.4 Å². The van der Waals surface area contributed by atoms with E-state index in [0.717, 1.165) is 11.1 Å². The Labute approximate surface area is 174 Å². The summed E-state index contributed by atoms with van der Waals surface area (Å²) in [6, 6.07) is 13.1. The van der Waals surface area contributed by atoms with E-state index in [1.165, 1.54) is 0 Å². The van der Waals surface area contributed by atoms with Crippen molar-refractivity contribution >= 4 is 11.7 Å². The molecule has 2 aromatic carbocycles. The van der Waals surface area contributed by atoms with Gasteiger partial charge in [-0.2, -0.15) is 0 Å². The van der Waals surface area contributed by atoms with Gasteiger partial charge in [0.15, 0.2) is 5.78 Å². The predicted molar refractivity (Wildman–Crippen MR) is 112 cm³/mol. The summed E-state index contributed by atoms with van der Waals surface area (Å²) < 4.78 is 16.4. The zero-order valence-corrected chi connectivity index (χ0v) is 16.8. The first kappa shape index (κ1) is 18.6. The third-order valence-electron chi connectivity index (χ3n) is 5.51. The Morgan fingerprint density at radius 2 is 1.60 bits per heavy atom. The van der Waals surface area contributed by atoms with Crippen LogP contribution in [0.3, 0.4) is 0 Å². The van der Waals surface area contributed by atoms with Gasteiger partial charge in [0.05, 0.1) is 44.4 Å². The Bertz CT molecular complexity index is 1140. The lowest BCUT2D eigenvalue weighted by Gasteiger charge is -2.27. The molecular formula is C23H21N3O4. The lowest BCUT2D eigenvalue weighted by atomic mass is 10.0. The summed E-state index contributed by atoms with van der Waals surface area (Å²) in [6.07, 6.45) is 0. The number of ether oxygens (including phenoxy) is 3. The highest BCUT2D eigenvalue weighted by Crippen LogP contribution is 2.43. The molecule has 0 N–H and O–H groups in total. The topological polar surface area (TPSA) is 73.8 Å². The number of nitrogens with zero attached hydrogens (tertiary/aromatic N) is 3. The maximum Gasteiger partial charge on any atom is 0.226 e. The first-order chi connectivity index (χ1) is 14.7. The van der Waals surface area contributed by atoms with E-state index in [0.29, 0.717) is 66.3 Å². The van der Waals surface area contributed by atoms with E-state index >= 15 is 0 Å². The maximum absolute atomic E-state index is 13.3. The van der Waals surface area contributed by atoms with Crippen molar-refractivity contribution < 1.29 is 19.0 Å². The van der Waals surface area contributed by atoms with Crippen molar-refractivity contribution in [2.45, 2.75) is 0 Å². The highest BCUT2D eigenvalue weighted by Gasteiger charge is 2.34. The second-order valence-electron chi connectivity index (χ2n) is 7.14. The van der Waals surface area contributed by atoms with Crippen LogP contribution in [0.25, 0.3) is 22.5 Å². The van der Waals surface area contributed by atoms with Crippen LogP contribution in [0.4, 0.5) is 5.95 Å². The molecule has 0 saturated carbocycles. The second kappa shape index (κ2) is 7.42. The number of ketones is 1.